The van der Waals surface area contributed by atoms with E-state index in [0.29, 0.717) is 33.5 Å². The number of aromatic hydroxyl groups is 1. The molecule has 0 unspecified atom stereocenters. The van der Waals surface area contributed by atoms with Crippen LogP contribution < -0.4 is 5.56 Å². The van der Waals surface area contributed by atoms with E-state index in [1.54, 1.807) is 25.1 Å². The number of para-hydroxylation sites is 4. The zero-order valence-electron chi connectivity index (χ0n) is 13.9. The number of aliphatic imine (C=N–C) groups is 1. The number of hydrogen-bond donors (Lipinski definition) is 2. The van der Waals surface area contributed by atoms with Crippen molar-refractivity contribution in [3.8, 4) is 11.8 Å². The first-order chi connectivity index (χ1) is 12.6. The van der Waals surface area contributed by atoms with Crippen molar-refractivity contribution in [1.29, 1.82) is 5.26 Å². The molecule has 0 spiro atoms. The van der Waals surface area contributed by atoms with Crippen LogP contribution in [-0.2, 0) is 0 Å². The number of aromatic amines is 1. The van der Waals surface area contributed by atoms with E-state index in [4.69, 9.17) is 0 Å². The van der Waals surface area contributed by atoms with Crippen LogP contribution in [0.5, 0.6) is 5.75 Å². The van der Waals surface area contributed by atoms with Crippen molar-refractivity contribution in [1.82, 2.24) is 9.38 Å². The highest BCUT2D eigenvalue weighted by molar-refractivity contribution is 5.89. The van der Waals surface area contributed by atoms with Crippen LogP contribution in [0.15, 0.2) is 58.3 Å². The molecule has 2 aromatic carbocycles. The van der Waals surface area contributed by atoms with Crippen molar-refractivity contribution in [2.24, 2.45) is 4.99 Å². The highest BCUT2D eigenvalue weighted by Gasteiger charge is 2.17. The molecule has 0 aliphatic carbocycles. The second-order valence-electron chi connectivity index (χ2n) is 5.90. The van der Waals surface area contributed by atoms with Gasteiger partial charge in [0.25, 0.3) is 5.56 Å². The molecule has 0 atom stereocenters. The van der Waals surface area contributed by atoms with Crippen molar-refractivity contribution in [2.45, 2.75) is 6.92 Å². The Bertz CT molecular complexity index is 1290. The van der Waals surface area contributed by atoms with E-state index in [2.05, 4.69) is 16.0 Å². The van der Waals surface area contributed by atoms with E-state index < -0.39 is 0 Å². The molecule has 0 saturated carbocycles. The maximum absolute atomic E-state index is 13.1. The first kappa shape index (κ1) is 15.7. The fourth-order valence-corrected chi connectivity index (χ4v) is 3.05. The summed E-state index contributed by atoms with van der Waals surface area (Å²) in [6.45, 7) is 1.72. The first-order valence-corrected chi connectivity index (χ1v) is 8.00. The van der Waals surface area contributed by atoms with E-state index >= 15 is 0 Å². The summed E-state index contributed by atoms with van der Waals surface area (Å²) in [5.74, 6) is 0.0233. The molecule has 0 amide bonds. The highest BCUT2D eigenvalue weighted by atomic mass is 16.3. The van der Waals surface area contributed by atoms with Gasteiger partial charge >= 0.3 is 0 Å². The van der Waals surface area contributed by atoms with Gasteiger partial charge in [-0.2, -0.15) is 5.26 Å². The molecule has 2 N–H and O–H groups in total. The van der Waals surface area contributed by atoms with Crippen LogP contribution in [0.1, 0.15) is 16.7 Å². The van der Waals surface area contributed by atoms with E-state index in [0.717, 1.165) is 5.52 Å². The molecular weight excluding hydrogens is 328 g/mol. The number of fused-ring (bicyclic) bond motifs is 3. The van der Waals surface area contributed by atoms with Crippen molar-refractivity contribution >= 4 is 28.6 Å². The maximum atomic E-state index is 13.1. The smallest absolute Gasteiger partial charge is 0.265 e. The molecule has 0 aliphatic rings. The number of nitriles is 1. The van der Waals surface area contributed by atoms with Crippen LogP contribution in [0.2, 0.25) is 0 Å². The van der Waals surface area contributed by atoms with Gasteiger partial charge in [-0.1, -0.05) is 24.3 Å². The number of phenolic OH excluding ortho intramolecular Hbond substituents is 1. The summed E-state index contributed by atoms with van der Waals surface area (Å²) in [5.41, 5.74) is 3.27. The minimum atomic E-state index is -0.270. The van der Waals surface area contributed by atoms with Gasteiger partial charge in [0.2, 0.25) is 0 Å². The predicted octanol–water partition coefficient (Wildman–Crippen LogP) is 3.42. The van der Waals surface area contributed by atoms with Gasteiger partial charge in [0.15, 0.2) is 0 Å². The summed E-state index contributed by atoms with van der Waals surface area (Å²) >= 11 is 0. The van der Waals surface area contributed by atoms with Gasteiger partial charge in [-0.3, -0.25) is 14.2 Å². The molecular formula is C20H14N4O2. The lowest BCUT2D eigenvalue weighted by molar-refractivity contribution is 0.477. The molecule has 0 aliphatic heterocycles. The quantitative estimate of drug-likeness (QED) is 0.547. The molecule has 6 heteroatoms. The number of pyridine rings is 1. The number of imidazole rings is 1. The lowest BCUT2D eigenvalue weighted by Gasteiger charge is -2.05. The molecule has 0 radical (unpaired) electrons. The number of rotatable bonds is 2. The number of aromatic nitrogens is 2. The number of hydrogen-bond acceptors (Lipinski definition) is 4. The fourth-order valence-electron chi connectivity index (χ4n) is 3.05. The van der Waals surface area contributed by atoms with Crippen LogP contribution in [0.3, 0.4) is 0 Å². The van der Waals surface area contributed by atoms with Crippen LogP contribution in [0.4, 0.5) is 5.69 Å². The molecule has 2 aromatic heterocycles. The third-order valence-corrected chi connectivity index (χ3v) is 4.40. The third kappa shape index (κ3) is 2.26. The van der Waals surface area contributed by atoms with Gasteiger partial charge in [-0.05, 0) is 36.8 Å². The minimum absolute atomic E-state index is 0.0233. The SMILES string of the molecule is Cc1c(C=Nc2ccccc2O)c(=O)n2c([nH]c3ccccc32)c1C#N. The molecule has 126 valence electrons. The summed E-state index contributed by atoms with van der Waals surface area (Å²) in [6, 6.07) is 16.2. The largest absolute Gasteiger partial charge is 0.506 e. The molecule has 6 nitrogen and oxygen atoms in total. The van der Waals surface area contributed by atoms with Gasteiger partial charge in [0.05, 0.1) is 22.2 Å². The van der Waals surface area contributed by atoms with Crippen LogP contribution in [-0.4, -0.2) is 20.7 Å². The van der Waals surface area contributed by atoms with Crippen LogP contribution in [0.25, 0.3) is 16.7 Å². The van der Waals surface area contributed by atoms with E-state index in [1.165, 1.54) is 16.7 Å². The summed E-state index contributed by atoms with van der Waals surface area (Å²) in [5, 5.41) is 19.5. The Kier molecular flexibility index (Phi) is 3.55. The van der Waals surface area contributed by atoms with Gasteiger partial charge in [-0.25, -0.2) is 0 Å². The topological polar surface area (TPSA) is 93.7 Å². The normalized spacial score (nSPS) is 11.4. The summed E-state index contributed by atoms with van der Waals surface area (Å²) in [7, 11) is 0. The number of nitrogens with one attached hydrogen (secondary N) is 1. The molecule has 0 fully saturated rings. The number of phenols is 1. The van der Waals surface area contributed by atoms with Gasteiger partial charge < -0.3 is 10.1 Å². The Balaban J connectivity index is 2.04. The highest BCUT2D eigenvalue weighted by Crippen LogP contribution is 2.25. The molecule has 2 heterocycles. The maximum Gasteiger partial charge on any atom is 0.265 e. The number of H-pyrrole nitrogens is 1. The van der Waals surface area contributed by atoms with E-state index in [-0.39, 0.29) is 11.3 Å². The van der Waals surface area contributed by atoms with Gasteiger partial charge in [0, 0.05) is 6.21 Å². The summed E-state index contributed by atoms with van der Waals surface area (Å²) < 4.78 is 1.49. The fraction of sp³-hybridized carbons (Fsp3) is 0.0500. The molecule has 4 aromatic rings. The molecule has 0 saturated heterocycles. The second-order valence-corrected chi connectivity index (χ2v) is 5.90. The molecule has 26 heavy (non-hydrogen) atoms. The Hall–Kier alpha value is -3.85. The summed E-state index contributed by atoms with van der Waals surface area (Å²) in [4.78, 5) is 20.5. The van der Waals surface area contributed by atoms with Crippen molar-refractivity contribution in [2.75, 3.05) is 0 Å². The molecule has 4 rings (SSSR count). The lowest BCUT2D eigenvalue weighted by Crippen LogP contribution is -2.20. The van der Waals surface area contributed by atoms with Crippen molar-refractivity contribution < 1.29 is 5.11 Å². The standard InChI is InChI=1S/C20H14N4O2/c1-12-13(10-21)19-23-15-6-2-4-8-17(15)24(19)20(26)14(12)11-22-16-7-3-5-9-18(16)25/h2-9,11,23,25H,1H3. The Morgan fingerprint density at radius 3 is 2.69 bits per heavy atom. The van der Waals surface area contributed by atoms with E-state index in [9.17, 15) is 15.2 Å². The Labute approximate surface area is 148 Å². The molecule has 0 bridgehead atoms. The van der Waals surface area contributed by atoms with Crippen molar-refractivity contribution in [3.63, 3.8) is 0 Å². The third-order valence-electron chi connectivity index (χ3n) is 4.40. The number of nitrogens with zero attached hydrogens (tertiary/aromatic N) is 3. The zero-order valence-corrected chi connectivity index (χ0v) is 13.9. The van der Waals surface area contributed by atoms with E-state index in [1.807, 2.05) is 24.3 Å². The summed E-state index contributed by atoms with van der Waals surface area (Å²) in [6.07, 6.45) is 1.40. The Morgan fingerprint density at radius 1 is 1.19 bits per heavy atom. The zero-order chi connectivity index (χ0) is 18.3. The van der Waals surface area contributed by atoms with Crippen molar-refractivity contribution in [3.05, 3.63) is 75.6 Å². The van der Waals surface area contributed by atoms with Gasteiger partial charge in [0.1, 0.15) is 23.2 Å². The van der Waals surface area contributed by atoms with Crippen LogP contribution in [0, 0.1) is 18.3 Å². The Morgan fingerprint density at radius 2 is 1.92 bits per heavy atom. The minimum Gasteiger partial charge on any atom is -0.506 e. The van der Waals surface area contributed by atoms with Gasteiger partial charge in [-0.15, -0.1) is 0 Å². The second kappa shape index (κ2) is 5.90. The lowest BCUT2D eigenvalue weighted by atomic mass is 10.1. The first-order valence-electron chi connectivity index (χ1n) is 8.00. The average molecular weight is 342 g/mol. The average Bonchev–Trinajstić information content (AvgIpc) is 3.02. The predicted molar refractivity (Wildman–Crippen MR) is 100 cm³/mol. The van der Waals surface area contributed by atoms with Crippen LogP contribution >= 0.6 is 0 Å². The monoisotopic (exact) mass is 342 g/mol. The number of benzene rings is 2.